The number of aliphatic hydroxyl groups is 1. The summed E-state index contributed by atoms with van der Waals surface area (Å²) in [6, 6.07) is 10.7. The zero-order valence-electron chi connectivity index (χ0n) is 14.5. The maximum Gasteiger partial charge on any atom is 0.264 e. The van der Waals surface area contributed by atoms with Crippen LogP contribution in [-0.2, 0) is 14.8 Å². The molecule has 0 aliphatic rings. The van der Waals surface area contributed by atoms with Gasteiger partial charge in [-0.1, -0.05) is 11.6 Å². The molecular formula is C17H19ClN2O6S. The third kappa shape index (κ3) is 4.96. The summed E-state index contributed by atoms with van der Waals surface area (Å²) in [5, 5.41) is 19.1. The minimum atomic E-state index is -4.11. The van der Waals surface area contributed by atoms with Crippen LogP contribution in [0.2, 0.25) is 5.02 Å². The number of ether oxygens (including phenoxy) is 1. The second-order valence-electron chi connectivity index (χ2n) is 5.71. The molecule has 3 N–H and O–H groups in total. The summed E-state index contributed by atoms with van der Waals surface area (Å²) in [5.41, 5.74) is 1.36. The first-order valence-electron chi connectivity index (χ1n) is 7.80. The van der Waals surface area contributed by atoms with Crippen molar-refractivity contribution >= 4 is 27.5 Å². The van der Waals surface area contributed by atoms with E-state index in [2.05, 4.69) is 0 Å². The summed E-state index contributed by atoms with van der Waals surface area (Å²) in [5.74, 6) is -0.112. The first-order chi connectivity index (χ1) is 12.7. The lowest BCUT2D eigenvalue weighted by Crippen LogP contribution is -2.52. The number of amides is 1. The van der Waals surface area contributed by atoms with Crippen LogP contribution >= 0.6 is 11.6 Å². The number of hydroxylamine groups is 1. The Hall–Kier alpha value is -2.17. The molecule has 2 unspecified atom stereocenters. The Bertz CT molecular complexity index is 885. The lowest BCUT2D eigenvalue weighted by Gasteiger charge is -2.27. The van der Waals surface area contributed by atoms with Gasteiger partial charge in [0.05, 0.1) is 11.0 Å². The van der Waals surface area contributed by atoms with Gasteiger partial charge in [-0.15, -0.1) is 0 Å². The predicted octanol–water partition coefficient (Wildman–Crippen LogP) is 2.01. The van der Waals surface area contributed by atoms with E-state index in [1.165, 1.54) is 36.7 Å². The standard InChI is InChI=1S/C17H19ClN2O6S/c1-11(21)16(17(22)19-23)20(2)27(24,25)15-9-7-14(8-10-15)26-13-5-3-12(18)4-6-13/h3-11,16,21,23H,1-2H3,(H,19,22). The number of hydrogen-bond donors (Lipinski definition) is 3. The highest BCUT2D eigenvalue weighted by Gasteiger charge is 2.36. The molecule has 2 atom stereocenters. The van der Waals surface area contributed by atoms with Crippen LogP contribution in [0, 0.1) is 0 Å². The molecule has 0 radical (unpaired) electrons. The fourth-order valence-electron chi connectivity index (χ4n) is 2.39. The summed E-state index contributed by atoms with van der Waals surface area (Å²) in [6.45, 7) is 1.25. The van der Waals surface area contributed by atoms with Crippen LogP contribution in [0.15, 0.2) is 53.4 Å². The molecular weight excluding hydrogens is 396 g/mol. The number of likely N-dealkylation sites (N-methyl/N-ethyl adjacent to an activating group) is 1. The van der Waals surface area contributed by atoms with E-state index in [1.807, 2.05) is 0 Å². The maximum absolute atomic E-state index is 12.7. The highest BCUT2D eigenvalue weighted by atomic mass is 35.5. The molecule has 146 valence electrons. The molecule has 0 fully saturated rings. The molecule has 0 saturated carbocycles. The fourth-order valence-corrected chi connectivity index (χ4v) is 3.90. The van der Waals surface area contributed by atoms with Crippen molar-refractivity contribution in [1.29, 1.82) is 0 Å². The van der Waals surface area contributed by atoms with Crippen molar-refractivity contribution < 1.29 is 28.3 Å². The number of rotatable bonds is 7. The highest BCUT2D eigenvalue weighted by molar-refractivity contribution is 7.89. The van der Waals surface area contributed by atoms with E-state index in [0.717, 1.165) is 7.05 Å². The number of nitrogens with one attached hydrogen (secondary N) is 1. The highest BCUT2D eigenvalue weighted by Crippen LogP contribution is 2.26. The molecule has 0 aliphatic heterocycles. The quantitative estimate of drug-likeness (QED) is 0.471. The van der Waals surface area contributed by atoms with Gasteiger partial charge >= 0.3 is 0 Å². The Balaban J connectivity index is 2.23. The monoisotopic (exact) mass is 414 g/mol. The topological polar surface area (TPSA) is 116 Å². The van der Waals surface area contributed by atoms with Crippen LogP contribution in [-0.4, -0.2) is 48.1 Å². The van der Waals surface area contributed by atoms with Gasteiger partial charge in [0.2, 0.25) is 10.0 Å². The second-order valence-corrected chi connectivity index (χ2v) is 8.14. The van der Waals surface area contributed by atoms with Gasteiger partial charge in [-0.2, -0.15) is 4.31 Å². The molecule has 27 heavy (non-hydrogen) atoms. The number of hydrogen-bond acceptors (Lipinski definition) is 6. The largest absolute Gasteiger partial charge is 0.457 e. The van der Waals surface area contributed by atoms with E-state index < -0.39 is 28.1 Å². The minimum Gasteiger partial charge on any atom is -0.457 e. The van der Waals surface area contributed by atoms with Crippen molar-refractivity contribution in [3.8, 4) is 11.5 Å². The van der Waals surface area contributed by atoms with Crippen LogP contribution in [0.5, 0.6) is 11.5 Å². The molecule has 0 aliphatic carbocycles. The Morgan fingerprint density at radius 3 is 2.04 bits per heavy atom. The predicted molar refractivity (Wildman–Crippen MR) is 98.3 cm³/mol. The van der Waals surface area contributed by atoms with E-state index in [0.29, 0.717) is 20.8 Å². The molecule has 10 heteroatoms. The maximum atomic E-state index is 12.7. The van der Waals surface area contributed by atoms with E-state index in [4.69, 9.17) is 21.5 Å². The molecule has 8 nitrogen and oxygen atoms in total. The summed E-state index contributed by atoms with van der Waals surface area (Å²) in [4.78, 5) is 11.6. The van der Waals surface area contributed by atoms with Gasteiger partial charge in [0.15, 0.2) is 0 Å². The summed E-state index contributed by atoms with van der Waals surface area (Å²) in [6.07, 6.45) is -1.34. The number of aliphatic hydroxyl groups excluding tert-OH is 1. The first-order valence-corrected chi connectivity index (χ1v) is 9.62. The van der Waals surface area contributed by atoms with Gasteiger partial charge in [0, 0.05) is 12.1 Å². The van der Waals surface area contributed by atoms with Crippen molar-refractivity contribution in [2.45, 2.75) is 24.0 Å². The molecule has 0 bridgehead atoms. The van der Waals surface area contributed by atoms with Gasteiger partial charge in [-0.25, -0.2) is 13.9 Å². The van der Waals surface area contributed by atoms with Crippen molar-refractivity contribution in [2.24, 2.45) is 0 Å². The van der Waals surface area contributed by atoms with Crippen LogP contribution in [0.4, 0.5) is 0 Å². The number of halogens is 1. The van der Waals surface area contributed by atoms with E-state index >= 15 is 0 Å². The van der Waals surface area contributed by atoms with Gasteiger partial charge in [-0.3, -0.25) is 10.0 Å². The Labute approximate surface area is 162 Å². The summed E-state index contributed by atoms with van der Waals surface area (Å²) < 4.78 is 31.7. The number of nitrogens with zero attached hydrogens (tertiary/aromatic N) is 1. The SMILES string of the molecule is CC(O)C(C(=O)NO)N(C)S(=O)(=O)c1ccc(Oc2ccc(Cl)cc2)cc1. The lowest BCUT2D eigenvalue weighted by molar-refractivity contribution is -0.136. The molecule has 2 aromatic rings. The van der Waals surface area contributed by atoms with E-state index in [9.17, 15) is 18.3 Å². The molecule has 1 amide bonds. The van der Waals surface area contributed by atoms with E-state index in [-0.39, 0.29) is 4.90 Å². The summed E-state index contributed by atoms with van der Waals surface area (Å²) >= 11 is 5.81. The number of carbonyl (C=O) groups excluding carboxylic acids is 1. The average Bonchev–Trinajstić information content (AvgIpc) is 2.63. The molecule has 2 aromatic carbocycles. The smallest absolute Gasteiger partial charge is 0.264 e. The van der Waals surface area contributed by atoms with Crippen molar-refractivity contribution in [3.63, 3.8) is 0 Å². The van der Waals surface area contributed by atoms with E-state index in [1.54, 1.807) is 24.3 Å². The minimum absolute atomic E-state index is 0.107. The van der Waals surface area contributed by atoms with Gasteiger partial charge < -0.3 is 9.84 Å². The molecule has 0 spiro atoms. The third-order valence-electron chi connectivity index (χ3n) is 3.78. The number of sulfonamides is 1. The zero-order valence-corrected chi connectivity index (χ0v) is 16.1. The Kier molecular flexibility index (Phi) is 6.79. The van der Waals surface area contributed by atoms with Gasteiger partial charge in [0.25, 0.3) is 5.91 Å². The fraction of sp³-hybridized carbons (Fsp3) is 0.235. The van der Waals surface area contributed by atoms with Crippen LogP contribution < -0.4 is 10.2 Å². The summed E-state index contributed by atoms with van der Waals surface area (Å²) in [7, 11) is -2.97. The molecule has 0 aromatic heterocycles. The van der Waals surface area contributed by atoms with Crippen molar-refractivity contribution in [2.75, 3.05) is 7.05 Å². The van der Waals surface area contributed by atoms with Gasteiger partial charge in [-0.05, 0) is 55.5 Å². The van der Waals surface area contributed by atoms with Crippen LogP contribution in [0.3, 0.4) is 0 Å². The van der Waals surface area contributed by atoms with Gasteiger partial charge in [0.1, 0.15) is 17.5 Å². The van der Waals surface area contributed by atoms with Crippen molar-refractivity contribution in [1.82, 2.24) is 9.79 Å². The van der Waals surface area contributed by atoms with Crippen molar-refractivity contribution in [3.05, 3.63) is 53.6 Å². The lowest BCUT2D eigenvalue weighted by atomic mass is 10.2. The zero-order chi connectivity index (χ0) is 20.2. The molecule has 0 saturated heterocycles. The average molecular weight is 415 g/mol. The number of benzene rings is 2. The Morgan fingerprint density at radius 1 is 1.11 bits per heavy atom. The molecule has 0 heterocycles. The first kappa shape index (κ1) is 21.1. The second kappa shape index (κ2) is 8.68. The van der Waals surface area contributed by atoms with Crippen LogP contribution in [0.1, 0.15) is 6.92 Å². The normalized spacial score (nSPS) is 13.9. The van der Waals surface area contributed by atoms with Crippen LogP contribution in [0.25, 0.3) is 0 Å². The molecule has 2 rings (SSSR count). The third-order valence-corrected chi connectivity index (χ3v) is 5.88. The Morgan fingerprint density at radius 2 is 1.59 bits per heavy atom. The number of carbonyl (C=O) groups is 1.